The van der Waals surface area contributed by atoms with Crippen LogP contribution < -0.4 is 5.32 Å². The van der Waals surface area contributed by atoms with Crippen LogP contribution in [0.2, 0.25) is 0 Å². The third-order valence-corrected chi connectivity index (χ3v) is 5.26. The number of allylic oxidation sites excluding steroid dienone is 1. The van der Waals surface area contributed by atoms with Crippen molar-refractivity contribution in [2.75, 3.05) is 6.54 Å². The minimum atomic E-state index is -0.417. The highest BCUT2D eigenvalue weighted by atomic mass is 16.3. The van der Waals surface area contributed by atoms with Crippen molar-refractivity contribution < 1.29 is 5.11 Å². The third-order valence-electron chi connectivity index (χ3n) is 5.26. The normalized spacial score (nSPS) is 48.8. The molecule has 3 aliphatic carbocycles. The standard InChI is InChI=1S/C15H25NO/c1-11-5-7-15(17,8-6-11)10-16-14-9-12-3-2-4-13(12)14/h2,4,11-14,16-17H,3,5-10H2,1H3. The zero-order chi connectivity index (χ0) is 11.9. The van der Waals surface area contributed by atoms with Crippen LogP contribution in [-0.4, -0.2) is 23.3 Å². The van der Waals surface area contributed by atoms with Gasteiger partial charge in [-0.1, -0.05) is 19.1 Å². The molecule has 0 radical (unpaired) electrons. The molecule has 0 aromatic heterocycles. The van der Waals surface area contributed by atoms with E-state index in [0.717, 1.165) is 37.1 Å². The number of nitrogens with one attached hydrogen (secondary N) is 1. The Balaban J connectivity index is 1.46. The largest absolute Gasteiger partial charge is 0.389 e. The Labute approximate surface area is 104 Å². The first-order valence-electron chi connectivity index (χ1n) is 7.29. The lowest BCUT2D eigenvalue weighted by Gasteiger charge is -2.43. The Bertz CT molecular complexity index is 304. The van der Waals surface area contributed by atoms with Crippen LogP contribution in [0.5, 0.6) is 0 Å². The maximum absolute atomic E-state index is 10.5. The van der Waals surface area contributed by atoms with Gasteiger partial charge >= 0.3 is 0 Å². The summed E-state index contributed by atoms with van der Waals surface area (Å²) in [5, 5.41) is 14.1. The van der Waals surface area contributed by atoms with Gasteiger partial charge in [-0.3, -0.25) is 0 Å². The molecule has 0 saturated heterocycles. The summed E-state index contributed by atoms with van der Waals surface area (Å²) >= 11 is 0. The number of hydrogen-bond acceptors (Lipinski definition) is 2. The molecule has 3 aliphatic rings. The summed E-state index contributed by atoms with van der Waals surface area (Å²) in [4.78, 5) is 0. The van der Waals surface area contributed by atoms with Crippen LogP contribution in [0, 0.1) is 17.8 Å². The summed E-state index contributed by atoms with van der Waals surface area (Å²) in [6.45, 7) is 3.11. The monoisotopic (exact) mass is 235 g/mol. The van der Waals surface area contributed by atoms with Crippen molar-refractivity contribution in [1.82, 2.24) is 5.32 Å². The lowest BCUT2D eigenvalue weighted by Crippen LogP contribution is -2.53. The molecule has 0 heterocycles. The number of hydrogen-bond donors (Lipinski definition) is 2. The predicted octanol–water partition coefficient (Wildman–Crippen LogP) is 2.48. The van der Waals surface area contributed by atoms with Gasteiger partial charge < -0.3 is 10.4 Å². The van der Waals surface area contributed by atoms with Gasteiger partial charge in [0.15, 0.2) is 0 Å². The molecule has 17 heavy (non-hydrogen) atoms. The van der Waals surface area contributed by atoms with Gasteiger partial charge in [-0.2, -0.15) is 0 Å². The second-order valence-corrected chi connectivity index (χ2v) is 6.63. The third kappa shape index (κ3) is 2.30. The van der Waals surface area contributed by atoms with E-state index in [1.165, 1.54) is 25.7 Å². The topological polar surface area (TPSA) is 32.3 Å². The van der Waals surface area contributed by atoms with E-state index >= 15 is 0 Å². The van der Waals surface area contributed by atoms with E-state index in [0.29, 0.717) is 6.04 Å². The van der Waals surface area contributed by atoms with Crippen molar-refractivity contribution in [3.63, 3.8) is 0 Å². The highest BCUT2D eigenvalue weighted by Crippen LogP contribution is 2.43. The molecule has 0 spiro atoms. The van der Waals surface area contributed by atoms with E-state index in [-0.39, 0.29) is 0 Å². The smallest absolute Gasteiger partial charge is 0.0771 e. The van der Waals surface area contributed by atoms with Crippen LogP contribution in [0.15, 0.2) is 12.2 Å². The Kier molecular flexibility index (Phi) is 3.04. The van der Waals surface area contributed by atoms with Crippen molar-refractivity contribution in [2.24, 2.45) is 17.8 Å². The van der Waals surface area contributed by atoms with Gasteiger partial charge in [0.1, 0.15) is 0 Å². The minimum absolute atomic E-state index is 0.417. The Morgan fingerprint density at radius 3 is 2.82 bits per heavy atom. The summed E-state index contributed by atoms with van der Waals surface area (Å²) in [6.07, 6.45) is 11.6. The first-order chi connectivity index (χ1) is 8.16. The van der Waals surface area contributed by atoms with Crippen molar-refractivity contribution in [1.29, 1.82) is 0 Å². The molecule has 3 unspecified atom stereocenters. The molecule has 2 N–H and O–H groups in total. The summed E-state index contributed by atoms with van der Waals surface area (Å²) in [7, 11) is 0. The first-order valence-corrected chi connectivity index (χ1v) is 7.29. The molecule has 3 rings (SSSR count). The Morgan fingerprint density at radius 2 is 2.12 bits per heavy atom. The van der Waals surface area contributed by atoms with Gasteiger partial charge in [0, 0.05) is 12.6 Å². The van der Waals surface area contributed by atoms with Gasteiger partial charge in [0.2, 0.25) is 0 Å². The summed E-state index contributed by atoms with van der Waals surface area (Å²) in [5.41, 5.74) is -0.417. The second-order valence-electron chi connectivity index (χ2n) is 6.63. The van der Waals surface area contributed by atoms with Crippen molar-refractivity contribution in [3.05, 3.63) is 12.2 Å². The lowest BCUT2D eigenvalue weighted by molar-refractivity contribution is -0.0146. The Morgan fingerprint density at radius 1 is 1.35 bits per heavy atom. The fourth-order valence-electron chi connectivity index (χ4n) is 3.74. The van der Waals surface area contributed by atoms with E-state index in [1.54, 1.807) is 0 Å². The second kappa shape index (κ2) is 4.40. The highest BCUT2D eigenvalue weighted by Gasteiger charge is 2.42. The molecule has 0 aliphatic heterocycles. The maximum atomic E-state index is 10.5. The molecule has 0 amide bonds. The SMILES string of the molecule is CC1CCC(O)(CNC2CC3CC=CC32)CC1. The molecular weight excluding hydrogens is 210 g/mol. The van der Waals surface area contributed by atoms with Gasteiger partial charge in [0.25, 0.3) is 0 Å². The van der Waals surface area contributed by atoms with Crippen molar-refractivity contribution >= 4 is 0 Å². The average molecular weight is 235 g/mol. The quantitative estimate of drug-likeness (QED) is 0.737. The molecule has 96 valence electrons. The van der Waals surface area contributed by atoms with Crippen molar-refractivity contribution in [2.45, 2.75) is 57.1 Å². The van der Waals surface area contributed by atoms with Crippen LogP contribution in [-0.2, 0) is 0 Å². The van der Waals surface area contributed by atoms with Crippen LogP contribution in [0.3, 0.4) is 0 Å². The number of aliphatic hydroxyl groups is 1. The van der Waals surface area contributed by atoms with Gasteiger partial charge in [-0.05, 0) is 56.3 Å². The molecule has 2 heteroatoms. The molecule has 2 saturated carbocycles. The van der Waals surface area contributed by atoms with E-state index in [9.17, 15) is 5.11 Å². The van der Waals surface area contributed by atoms with E-state index in [1.807, 2.05) is 0 Å². The highest BCUT2D eigenvalue weighted by molar-refractivity contribution is 5.13. The van der Waals surface area contributed by atoms with Crippen LogP contribution in [0.25, 0.3) is 0 Å². The van der Waals surface area contributed by atoms with E-state index in [2.05, 4.69) is 24.4 Å². The van der Waals surface area contributed by atoms with Gasteiger partial charge in [0.05, 0.1) is 5.60 Å². The summed E-state index contributed by atoms with van der Waals surface area (Å²) in [5.74, 6) is 2.48. The average Bonchev–Trinajstić information content (AvgIpc) is 2.66. The molecule has 2 nitrogen and oxygen atoms in total. The van der Waals surface area contributed by atoms with E-state index in [4.69, 9.17) is 0 Å². The van der Waals surface area contributed by atoms with E-state index < -0.39 is 5.60 Å². The van der Waals surface area contributed by atoms with Crippen LogP contribution in [0.1, 0.15) is 45.4 Å². The molecule has 0 aromatic carbocycles. The zero-order valence-electron chi connectivity index (χ0n) is 10.9. The summed E-state index contributed by atoms with van der Waals surface area (Å²) in [6, 6.07) is 0.641. The van der Waals surface area contributed by atoms with Gasteiger partial charge in [-0.15, -0.1) is 0 Å². The molecule has 0 aromatic rings. The van der Waals surface area contributed by atoms with Gasteiger partial charge in [-0.25, -0.2) is 0 Å². The maximum Gasteiger partial charge on any atom is 0.0771 e. The molecular formula is C15H25NO. The lowest BCUT2D eigenvalue weighted by atomic mass is 9.71. The number of rotatable bonds is 3. The molecule has 2 fully saturated rings. The van der Waals surface area contributed by atoms with Crippen LogP contribution >= 0.6 is 0 Å². The fraction of sp³-hybridized carbons (Fsp3) is 0.867. The van der Waals surface area contributed by atoms with Crippen LogP contribution in [0.4, 0.5) is 0 Å². The predicted molar refractivity (Wildman–Crippen MR) is 69.7 cm³/mol. The zero-order valence-corrected chi connectivity index (χ0v) is 10.9. The van der Waals surface area contributed by atoms with Crippen molar-refractivity contribution in [3.8, 4) is 0 Å². The summed E-state index contributed by atoms with van der Waals surface area (Å²) < 4.78 is 0. The fourth-order valence-corrected chi connectivity index (χ4v) is 3.74. The first kappa shape index (κ1) is 11.7. The molecule has 3 atom stereocenters. The molecule has 0 bridgehead atoms. The minimum Gasteiger partial charge on any atom is -0.389 e. The Hall–Kier alpha value is -0.340. The number of fused-ring (bicyclic) bond motifs is 1.